The number of carbonyl (C=O) groups is 1. The molecular formula is C11H15ClF3N3O2. The van der Waals surface area contributed by atoms with Crippen molar-refractivity contribution in [2.24, 2.45) is 5.73 Å². The lowest BCUT2D eigenvalue weighted by atomic mass is 10.2. The van der Waals surface area contributed by atoms with Gasteiger partial charge in [0.25, 0.3) is 5.91 Å². The van der Waals surface area contributed by atoms with Gasteiger partial charge >= 0.3 is 6.18 Å². The molecule has 0 aliphatic rings. The van der Waals surface area contributed by atoms with Crippen molar-refractivity contribution in [3.63, 3.8) is 0 Å². The molecule has 0 spiro atoms. The Morgan fingerprint density at radius 3 is 2.60 bits per heavy atom. The van der Waals surface area contributed by atoms with E-state index in [0.29, 0.717) is 19.5 Å². The molecule has 9 heteroatoms. The molecule has 5 nitrogen and oxygen atoms in total. The van der Waals surface area contributed by atoms with E-state index >= 15 is 0 Å². The first-order valence-electron chi connectivity index (χ1n) is 5.56. The summed E-state index contributed by atoms with van der Waals surface area (Å²) in [5.74, 6) is -0.542. The number of nitrogens with two attached hydrogens (primary N) is 1. The number of ether oxygens (including phenoxy) is 1. The summed E-state index contributed by atoms with van der Waals surface area (Å²) in [7, 11) is 0. The predicted molar refractivity (Wildman–Crippen MR) is 69.0 cm³/mol. The van der Waals surface area contributed by atoms with Crippen LogP contribution < -0.4 is 15.8 Å². The van der Waals surface area contributed by atoms with Gasteiger partial charge in [-0.3, -0.25) is 4.79 Å². The Balaban J connectivity index is 0.00000361. The fourth-order valence-corrected chi connectivity index (χ4v) is 1.16. The third-order valence-corrected chi connectivity index (χ3v) is 2.05. The normalized spacial score (nSPS) is 10.6. The standard InChI is InChI=1S/C11H14F3N3O2.ClH/c12-11(13,14)7-19-9-3-2-8(6-17-9)10(18)16-5-1-4-15;/h2-3,6H,1,4-5,7,15H2,(H,16,18);1H. The van der Waals surface area contributed by atoms with Gasteiger partial charge in [0.15, 0.2) is 6.61 Å². The molecule has 1 aromatic rings. The number of nitrogens with one attached hydrogen (secondary N) is 1. The van der Waals surface area contributed by atoms with Gasteiger partial charge in [0.05, 0.1) is 5.56 Å². The summed E-state index contributed by atoms with van der Waals surface area (Å²) in [5.41, 5.74) is 5.52. The van der Waals surface area contributed by atoms with Gasteiger partial charge in [0.2, 0.25) is 5.88 Å². The molecule has 0 aliphatic carbocycles. The highest BCUT2D eigenvalue weighted by molar-refractivity contribution is 5.93. The van der Waals surface area contributed by atoms with Crippen molar-refractivity contribution in [1.82, 2.24) is 10.3 Å². The highest BCUT2D eigenvalue weighted by Crippen LogP contribution is 2.16. The lowest BCUT2D eigenvalue weighted by Gasteiger charge is -2.08. The molecular weight excluding hydrogens is 299 g/mol. The number of pyridine rings is 1. The summed E-state index contributed by atoms with van der Waals surface area (Å²) in [4.78, 5) is 15.2. The summed E-state index contributed by atoms with van der Waals surface area (Å²) >= 11 is 0. The number of aromatic nitrogens is 1. The number of halogens is 4. The zero-order valence-corrected chi connectivity index (χ0v) is 11.3. The topological polar surface area (TPSA) is 77.2 Å². The van der Waals surface area contributed by atoms with Gasteiger partial charge in [0, 0.05) is 18.8 Å². The van der Waals surface area contributed by atoms with Gasteiger partial charge in [-0.05, 0) is 19.0 Å². The van der Waals surface area contributed by atoms with Gasteiger partial charge in [0.1, 0.15) is 0 Å². The van der Waals surface area contributed by atoms with Crippen LogP contribution in [0.5, 0.6) is 5.88 Å². The minimum absolute atomic E-state index is 0. The smallest absolute Gasteiger partial charge is 0.422 e. The third kappa shape index (κ3) is 7.15. The highest BCUT2D eigenvalue weighted by Gasteiger charge is 2.28. The average Bonchev–Trinajstić information content (AvgIpc) is 2.36. The molecule has 1 rings (SSSR count). The number of rotatable bonds is 6. The van der Waals surface area contributed by atoms with E-state index in [0.717, 1.165) is 6.20 Å². The molecule has 0 bridgehead atoms. The molecule has 0 aliphatic heterocycles. The van der Waals surface area contributed by atoms with Crippen molar-refractivity contribution in [1.29, 1.82) is 0 Å². The van der Waals surface area contributed by atoms with Crippen LogP contribution in [0.1, 0.15) is 16.8 Å². The van der Waals surface area contributed by atoms with Crippen molar-refractivity contribution >= 4 is 18.3 Å². The van der Waals surface area contributed by atoms with Crippen molar-refractivity contribution in [2.75, 3.05) is 19.7 Å². The molecule has 1 heterocycles. The summed E-state index contributed by atoms with van der Waals surface area (Å²) in [6.07, 6.45) is -2.62. The first-order chi connectivity index (χ1) is 8.92. The number of alkyl halides is 3. The van der Waals surface area contributed by atoms with E-state index in [1.54, 1.807) is 0 Å². The highest BCUT2D eigenvalue weighted by atomic mass is 35.5. The zero-order chi connectivity index (χ0) is 14.3. The Morgan fingerprint density at radius 2 is 2.10 bits per heavy atom. The van der Waals surface area contributed by atoms with Crippen LogP contribution in [0.2, 0.25) is 0 Å². The van der Waals surface area contributed by atoms with E-state index in [-0.39, 0.29) is 29.8 Å². The molecule has 0 unspecified atom stereocenters. The summed E-state index contributed by atoms with van der Waals surface area (Å²) in [5, 5.41) is 2.60. The molecule has 0 atom stereocenters. The number of hydrogen-bond acceptors (Lipinski definition) is 4. The second-order valence-corrected chi connectivity index (χ2v) is 3.69. The molecule has 1 amide bonds. The van der Waals surface area contributed by atoms with Gasteiger partial charge in [-0.15, -0.1) is 12.4 Å². The molecule has 0 saturated carbocycles. The van der Waals surface area contributed by atoms with Gasteiger partial charge < -0.3 is 15.8 Å². The Hall–Kier alpha value is -1.54. The number of carbonyl (C=O) groups excluding carboxylic acids is 1. The predicted octanol–water partition coefficient (Wildman–Crippen LogP) is 1.52. The minimum atomic E-state index is -4.42. The van der Waals surface area contributed by atoms with E-state index in [1.165, 1.54) is 12.1 Å². The fourth-order valence-electron chi connectivity index (χ4n) is 1.16. The molecule has 0 radical (unpaired) electrons. The average molecular weight is 314 g/mol. The van der Waals surface area contributed by atoms with E-state index in [2.05, 4.69) is 15.0 Å². The van der Waals surface area contributed by atoms with E-state index in [4.69, 9.17) is 5.73 Å². The van der Waals surface area contributed by atoms with Crippen LogP contribution in [-0.2, 0) is 0 Å². The van der Waals surface area contributed by atoms with Gasteiger partial charge in [-0.1, -0.05) is 0 Å². The molecule has 0 fully saturated rings. The maximum absolute atomic E-state index is 11.9. The molecule has 3 N–H and O–H groups in total. The maximum Gasteiger partial charge on any atom is 0.422 e. The van der Waals surface area contributed by atoms with Crippen molar-refractivity contribution < 1.29 is 22.7 Å². The quantitative estimate of drug-likeness (QED) is 0.781. The van der Waals surface area contributed by atoms with E-state index in [1.807, 2.05) is 0 Å². The monoisotopic (exact) mass is 313 g/mol. The van der Waals surface area contributed by atoms with Gasteiger partial charge in [-0.2, -0.15) is 13.2 Å². The summed E-state index contributed by atoms with van der Waals surface area (Å²) < 4.78 is 40.1. The largest absolute Gasteiger partial charge is 0.468 e. The minimum Gasteiger partial charge on any atom is -0.468 e. The van der Waals surface area contributed by atoms with Crippen molar-refractivity contribution in [3.8, 4) is 5.88 Å². The Kier molecular flexibility index (Phi) is 7.93. The number of amides is 1. The van der Waals surface area contributed by atoms with Crippen LogP contribution in [-0.4, -0.2) is 36.8 Å². The molecule has 0 saturated heterocycles. The van der Waals surface area contributed by atoms with E-state index < -0.39 is 12.8 Å². The van der Waals surface area contributed by atoms with Gasteiger partial charge in [-0.25, -0.2) is 4.98 Å². The fraction of sp³-hybridized carbons (Fsp3) is 0.455. The lowest BCUT2D eigenvalue weighted by Crippen LogP contribution is -2.26. The third-order valence-electron chi connectivity index (χ3n) is 2.05. The van der Waals surface area contributed by atoms with Crippen LogP contribution in [0.15, 0.2) is 18.3 Å². The van der Waals surface area contributed by atoms with Crippen LogP contribution in [0.4, 0.5) is 13.2 Å². The summed E-state index contributed by atoms with van der Waals surface area (Å²) in [6.45, 7) is -0.521. The van der Waals surface area contributed by atoms with Crippen molar-refractivity contribution in [3.05, 3.63) is 23.9 Å². The Morgan fingerprint density at radius 1 is 1.40 bits per heavy atom. The van der Waals surface area contributed by atoms with E-state index in [9.17, 15) is 18.0 Å². The number of hydrogen-bond donors (Lipinski definition) is 2. The first-order valence-corrected chi connectivity index (χ1v) is 5.56. The Bertz CT molecular complexity index is 412. The number of nitrogens with zero attached hydrogens (tertiary/aromatic N) is 1. The van der Waals surface area contributed by atoms with Crippen molar-refractivity contribution in [2.45, 2.75) is 12.6 Å². The second-order valence-electron chi connectivity index (χ2n) is 3.69. The second kappa shape index (κ2) is 8.60. The van der Waals surface area contributed by atoms with Crippen LogP contribution in [0.3, 0.4) is 0 Å². The molecule has 20 heavy (non-hydrogen) atoms. The lowest BCUT2D eigenvalue weighted by molar-refractivity contribution is -0.154. The summed E-state index contributed by atoms with van der Waals surface area (Å²) in [6, 6.07) is 2.56. The van der Waals surface area contributed by atoms with Crippen LogP contribution in [0.25, 0.3) is 0 Å². The SMILES string of the molecule is Cl.NCCCNC(=O)c1ccc(OCC(F)(F)F)nc1. The molecule has 114 valence electrons. The first kappa shape index (κ1) is 18.5. The maximum atomic E-state index is 11.9. The molecule has 1 aromatic heterocycles. The molecule has 0 aromatic carbocycles. The van der Waals surface area contributed by atoms with Crippen LogP contribution >= 0.6 is 12.4 Å². The van der Waals surface area contributed by atoms with Crippen LogP contribution in [0, 0.1) is 0 Å². The zero-order valence-electron chi connectivity index (χ0n) is 10.4. The Labute approximate surface area is 120 Å².